The van der Waals surface area contributed by atoms with E-state index in [0.717, 1.165) is 0 Å². The number of halogens is 1. The van der Waals surface area contributed by atoms with Crippen molar-refractivity contribution < 1.29 is 19.1 Å². The minimum Gasteiger partial charge on any atom is -0.478 e. The third kappa shape index (κ3) is 4.33. The fourth-order valence-electron chi connectivity index (χ4n) is 1.86. The molecule has 0 fully saturated rings. The number of hydrogen-bond donors (Lipinski definition) is 2. The molecule has 0 aliphatic carbocycles. The Kier molecular flexibility index (Phi) is 5.55. The highest BCUT2D eigenvalue weighted by atomic mass is 32.2. The summed E-state index contributed by atoms with van der Waals surface area (Å²) < 4.78 is 13.4. The van der Waals surface area contributed by atoms with Crippen LogP contribution in [0.15, 0.2) is 48.5 Å². The van der Waals surface area contributed by atoms with E-state index < -0.39 is 11.8 Å². The van der Waals surface area contributed by atoms with Gasteiger partial charge in [-0.15, -0.1) is 11.8 Å². The Balaban J connectivity index is 1.88. The van der Waals surface area contributed by atoms with Gasteiger partial charge in [0.1, 0.15) is 5.82 Å². The molecule has 114 valence electrons. The fourth-order valence-corrected chi connectivity index (χ4v) is 2.69. The smallest absolute Gasteiger partial charge is 0.335 e. The molecule has 0 heterocycles. The van der Waals surface area contributed by atoms with Crippen LogP contribution in [0.3, 0.4) is 0 Å². The third-order valence-corrected chi connectivity index (χ3v) is 3.87. The predicted molar refractivity (Wildman–Crippen MR) is 84.6 cm³/mol. The number of hydrogen-bond acceptors (Lipinski definition) is 3. The largest absolute Gasteiger partial charge is 0.478 e. The van der Waals surface area contributed by atoms with Crippen LogP contribution in [0, 0.1) is 5.82 Å². The molecule has 0 aliphatic rings. The summed E-state index contributed by atoms with van der Waals surface area (Å²) in [5, 5.41) is 11.6. The molecule has 0 saturated heterocycles. The van der Waals surface area contributed by atoms with E-state index in [1.54, 1.807) is 30.3 Å². The number of carbonyl (C=O) groups excluding carboxylic acids is 1. The zero-order chi connectivity index (χ0) is 15.9. The Labute approximate surface area is 131 Å². The highest BCUT2D eigenvalue weighted by molar-refractivity contribution is 7.99. The number of benzene rings is 2. The summed E-state index contributed by atoms with van der Waals surface area (Å²) in [6, 6.07) is 12.6. The van der Waals surface area contributed by atoms with Gasteiger partial charge in [-0.25, -0.2) is 9.18 Å². The first-order valence-corrected chi connectivity index (χ1v) is 7.66. The number of para-hydroxylation sites is 1. The molecule has 2 N–H and O–H groups in total. The zero-order valence-corrected chi connectivity index (χ0v) is 12.4. The third-order valence-electron chi connectivity index (χ3n) is 2.89. The second-order valence-corrected chi connectivity index (χ2v) is 5.47. The van der Waals surface area contributed by atoms with E-state index in [9.17, 15) is 14.0 Å². The van der Waals surface area contributed by atoms with Crippen LogP contribution >= 0.6 is 11.8 Å². The van der Waals surface area contributed by atoms with E-state index in [-0.39, 0.29) is 22.9 Å². The summed E-state index contributed by atoms with van der Waals surface area (Å²) in [6.45, 7) is 0. The van der Waals surface area contributed by atoms with E-state index in [1.165, 1.54) is 30.0 Å². The summed E-state index contributed by atoms with van der Waals surface area (Å²) in [7, 11) is 0. The van der Waals surface area contributed by atoms with Gasteiger partial charge in [0.15, 0.2) is 0 Å². The summed E-state index contributed by atoms with van der Waals surface area (Å²) in [4.78, 5) is 22.8. The molecule has 2 rings (SSSR count). The second-order valence-electron chi connectivity index (χ2n) is 4.48. The zero-order valence-electron chi connectivity index (χ0n) is 11.6. The van der Waals surface area contributed by atoms with Crippen LogP contribution < -0.4 is 5.32 Å². The number of carboxylic acids is 1. The first-order valence-electron chi connectivity index (χ1n) is 6.51. The van der Waals surface area contributed by atoms with Crippen molar-refractivity contribution in [3.05, 3.63) is 65.5 Å². The average molecular weight is 319 g/mol. The van der Waals surface area contributed by atoms with Crippen LogP contribution in [-0.2, 0) is 10.5 Å². The lowest BCUT2D eigenvalue weighted by Crippen LogP contribution is -2.15. The summed E-state index contributed by atoms with van der Waals surface area (Å²) in [5.74, 6) is -1.30. The van der Waals surface area contributed by atoms with Crippen molar-refractivity contribution in [3.63, 3.8) is 0 Å². The lowest BCUT2D eigenvalue weighted by molar-refractivity contribution is -0.113. The van der Waals surface area contributed by atoms with E-state index in [0.29, 0.717) is 11.3 Å². The van der Waals surface area contributed by atoms with Crippen LogP contribution in [0.5, 0.6) is 0 Å². The van der Waals surface area contributed by atoms with Crippen molar-refractivity contribution in [1.82, 2.24) is 0 Å². The molecule has 0 bridgehead atoms. The molecule has 0 unspecified atom stereocenters. The number of rotatable bonds is 6. The molecule has 0 radical (unpaired) electrons. The molecule has 2 aromatic rings. The van der Waals surface area contributed by atoms with Gasteiger partial charge in [-0.3, -0.25) is 4.79 Å². The van der Waals surface area contributed by atoms with Gasteiger partial charge >= 0.3 is 5.97 Å². The van der Waals surface area contributed by atoms with Crippen molar-refractivity contribution >= 4 is 29.3 Å². The Morgan fingerprint density at radius 1 is 1.09 bits per heavy atom. The average Bonchev–Trinajstić information content (AvgIpc) is 2.50. The van der Waals surface area contributed by atoms with Gasteiger partial charge in [-0.1, -0.05) is 30.3 Å². The molecule has 0 saturated carbocycles. The van der Waals surface area contributed by atoms with Gasteiger partial charge < -0.3 is 10.4 Å². The SMILES string of the molecule is O=C(CSCc1ccccc1C(=O)O)Nc1ccccc1F. The summed E-state index contributed by atoms with van der Waals surface area (Å²) in [6.07, 6.45) is 0. The number of amides is 1. The molecule has 22 heavy (non-hydrogen) atoms. The second kappa shape index (κ2) is 7.61. The van der Waals surface area contributed by atoms with Gasteiger partial charge in [-0.05, 0) is 23.8 Å². The van der Waals surface area contributed by atoms with Crippen molar-refractivity contribution in [3.8, 4) is 0 Å². The molecular formula is C16H14FNO3S. The number of nitrogens with one attached hydrogen (secondary N) is 1. The van der Waals surface area contributed by atoms with E-state index in [2.05, 4.69) is 5.32 Å². The first-order chi connectivity index (χ1) is 10.6. The first kappa shape index (κ1) is 16.0. The number of thioether (sulfide) groups is 1. The lowest BCUT2D eigenvalue weighted by atomic mass is 10.1. The number of anilines is 1. The molecular weight excluding hydrogens is 305 g/mol. The standard InChI is InChI=1S/C16H14FNO3S/c17-13-7-3-4-8-14(13)18-15(19)10-22-9-11-5-1-2-6-12(11)16(20)21/h1-8H,9-10H2,(H,18,19)(H,20,21). The Bertz CT molecular complexity index is 691. The Hall–Kier alpha value is -2.34. The number of carbonyl (C=O) groups is 2. The number of carboxylic acid groups (broad SMARTS) is 1. The van der Waals surface area contributed by atoms with Gasteiger partial charge in [0.05, 0.1) is 17.0 Å². The highest BCUT2D eigenvalue weighted by Crippen LogP contribution is 2.18. The van der Waals surface area contributed by atoms with Crippen molar-refractivity contribution in [2.75, 3.05) is 11.1 Å². The topological polar surface area (TPSA) is 66.4 Å². The van der Waals surface area contributed by atoms with Gasteiger partial charge in [0.2, 0.25) is 5.91 Å². The van der Waals surface area contributed by atoms with Crippen LogP contribution in [0.25, 0.3) is 0 Å². The van der Waals surface area contributed by atoms with Crippen LogP contribution in [0.4, 0.5) is 10.1 Å². The van der Waals surface area contributed by atoms with E-state index >= 15 is 0 Å². The van der Waals surface area contributed by atoms with Gasteiger partial charge in [0.25, 0.3) is 0 Å². The molecule has 1 amide bonds. The predicted octanol–water partition coefficient (Wildman–Crippen LogP) is 3.40. The minimum absolute atomic E-state index is 0.113. The van der Waals surface area contributed by atoms with E-state index in [1.807, 2.05) is 0 Å². The molecule has 4 nitrogen and oxygen atoms in total. The molecule has 0 spiro atoms. The van der Waals surface area contributed by atoms with Gasteiger partial charge in [0, 0.05) is 5.75 Å². The maximum absolute atomic E-state index is 13.4. The quantitative estimate of drug-likeness (QED) is 0.856. The molecule has 6 heteroatoms. The molecule has 0 atom stereocenters. The molecule has 0 aromatic heterocycles. The Morgan fingerprint density at radius 2 is 1.77 bits per heavy atom. The highest BCUT2D eigenvalue weighted by Gasteiger charge is 2.10. The van der Waals surface area contributed by atoms with Crippen LogP contribution in [0.1, 0.15) is 15.9 Å². The summed E-state index contributed by atoms with van der Waals surface area (Å²) >= 11 is 1.27. The van der Waals surface area contributed by atoms with Crippen molar-refractivity contribution in [1.29, 1.82) is 0 Å². The van der Waals surface area contributed by atoms with Gasteiger partial charge in [-0.2, -0.15) is 0 Å². The normalized spacial score (nSPS) is 10.2. The maximum Gasteiger partial charge on any atom is 0.335 e. The summed E-state index contributed by atoms with van der Waals surface area (Å²) in [5.41, 5.74) is 1.02. The van der Waals surface area contributed by atoms with Crippen LogP contribution in [0.2, 0.25) is 0 Å². The fraction of sp³-hybridized carbons (Fsp3) is 0.125. The maximum atomic E-state index is 13.4. The molecule has 2 aromatic carbocycles. The van der Waals surface area contributed by atoms with E-state index in [4.69, 9.17) is 5.11 Å². The van der Waals surface area contributed by atoms with Crippen molar-refractivity contribution in [2.45, 2.75) is 5.75 Å². The Morgan fingerprint density at radius 3 is 2.50 bits per heavy atom. The monoisotopic (exact) mass is 319 g/mol. The van der Waals surface area contributed by atoms with Crippen LogP contribution in [-0.4, -0.2) is 22.7 Å². The number of aromatic carboxylic acids is 1. The lowest BCUT2D eigenvalue weighted by Gasteiger charge is -2.07. The van der Waals surface area contributed by atoms with Crippen molar-refractivity contribution in [2.24, 2.45) is 0 Å². The minimum atomic E-state index is -0.994. The molecule has 0 aliphatic heterocycles.